The molecule has 50 valence electrons. The van der Waals surface area contributed by atoms with Crippen LogP contribution in [-0.4, -0.2) is 9.59 Å². The minimum Gasteiger partial charge on any atom is -0.143 e. The number of rotatable bonds is 2. The molecule has 0 N–H and O–H groups in total. The molecule has 0 aromatic carbocycles. The number of aromatic nitrogens is 2. The molecule has 0 spiro atoms. The third kappa shape index (κ3) is 2.10. The summed E-state index contributed by atoms with van der Waals surface area (Å²) in [6.45, 7) is 4.36. The zero-order valence-electron chi connectivity index (χ0n) is 5.66. The van der Waals surface area contributed by atoms with Crippen molar-refractivity contribution in [3.8, 4) is 0 Å². The molecule has 0 aliphatic heterocycles. The van der Waals surface area contributed by atoms with Gasteiger partial charge in [-0.25, -0.2) is 0 Å². The molecule has 0 aliphatic carbocycles. The Hall–Kier alpha value is -0.440. The van der Waals surface area contributed by atoms with Crippen LogP contribution in [0.1, 0.15) is 19.5 Å². The molecule has 1 aromatic rings. The second kappa shape index (κ2) is 2.92. The highest BCUT2D eigenvalue weighted by Gasteiger charge is 1.98. The molecule has 2 nitrogen and oxygen atoms in total. The van der Waals surface area contributed by atoms with Crippen molar-refractivity contribution in [1.29, 1.82) is 0 Å². The van der Waals surface area contributed by atoms with Gasteiger partial charge in [-0.15, -0.1) is 5.10 Å². The van der Waals surface area contributed by atoms with Crippen LogP contribution in [0.4, 0.5) is 0 Å². The lowest BCUT2D eigenvalue weighted by atomic mass is 10.1. The van der Waals surface area contributed by atoms with E-state index in [2.05, 4.69) is 23.4 Å². The standard InChI is InChI=1S/C6H10N2S/c1-5(2)3-6-4-9-8-7-6/h4-5H,3H2,1-2H3. The number of hydrogen-bond acceptors (Lipinski definition) is 3. The van der Waals surface area contributed by atoms with E-state index in [-0.39, 0.29) is 0 Å². The molecule has 0 bridgehead atoms. The number of nitrogens with zero attached hydrogens (tertiary/aromatic N) is 2. The highest BCUT2D eigenvalue weighted by atomic mass is 32.1. The monoisotopic (exact) mass is 142 g/mol. The van der Waals surface area contributed by atoms with Crippen molar-refractivity contribution in [1.82, 2.24) is 9.59 Å². The molecule has 1 aromatic heterocycles. The van der Waals surface area contributed by atoms with Crippen LogP contribution in [-0.2, 0) is 6.42 Å². The fraction of sp³-hybridized carbons (Fsp3) is 0.667. The molecule has 1 rings (SSSR count). The van der Waals surface area contributed by atoms with Crippen molar-refractivity contribution in [2.45, 2.75) is 20.3 Å². The maximum atomic E-state index is 3.92. The maximum Gasteiger partial charge on any atom is 0.0758 e. The molecule has 0 unspecified atom stereocenters. The zero-order chi connectivity index (χ0) is 6.69. The summed E-state index contributed by atoms with van der Waals surface area (Å²) in [5.41, 5.74) is 1.12. The molecule has 0 fully saturated rings. The van der Waals surface area contributed by atoms with E-state index in [1.165, 1.54) is 11.5 Å². The quantitative estimate of drug-likeness (QED) is 0.628. The van der Waals surface area contributed by atoms with Crippen LogP contribution in [0.2, 0.25) is 0 Å². The van der Waals surface area contributed by atoms with Gasteiger partial charge in [0.2, 0.25) is 0 Å². The topological polar surface area (TPSA) is 25.8 Å². The second-order valence-corrected chi connectivity index (χ2v) is 3.10. The highest BCUT2D eigenvalue weighted by Crippen LogP contribution is 2.04. The minimum atomic E-state index is 0.689. The van der Waals surface area contributed by atoms with Crippen LogP contribution < -0.4 is 0 Å². The maximum absolute atomic E-state index is 3.92. The van der Waals surface area contributed by atoms with Crippen molar-refractivity contribution >= 4 is 11.5 Å². The van der Waals surface area contributed by atoms with Crippen molar-refractivity contribution < 1.29 is 0 Å². The van der Waals surface area contributed by atoms with E-state index in [4.69, 9.17) is 0 Å². The van der Waals surface area contributed by atoms with Gasteiger partial charge >= 0.3 is 0 Å². The van der Waals surface area contributed by atoms with Gasteiger partial charge in [0, 0.05) is 5.38 Å². The summed E-state index contributed by atoms with van der Waals surface area (Å²) in [4.78, 5) is 0. The normalized spacial score (nSPS) is 10.6. The Morgan fingerprint density at radius 2 is 2.44 bits per heavy atom. The van der Waals surface area contributed by atoms with Crippen LogP contribution in [0.5, 0.6) is 0 Å². The first kappa shape index (κ1) is 6.68. The van der Waals surface area contributed by atoms with Gasteiger partial charge in [0.1, 0.15) is 0 Å². The molecule has 0 amide bonds. The molecule has 0 atom stereocenters. The first-order chi connectivity index (χ1) is 4.29. The summed E-state index contributed by atoms with van der Waals surface area (Å²) in [6, 6.07) is 0. The molecule has 0 saturated carbocycles. The fourth-order valence-electron chi connectivity index (χ4n) is 0.691. The minimum absolute atomic E-state index is 0.689. The largest absolute Gasteiger partial charge is 0.143 e. The van der Waals surface area contributed by atoms with Crippen LogP contribution in [0.15, 0.2) is 5.38 Å². The molecule has 0 radical (unpaired) electrons. The average Bonchev–Trinajstić information content (AvgIpc) is 2.15. The summed E-state index contributed by atoms with van der Waals surface area (Å²) in [5.74, 6) is 0.689. The SMILES string of the molecule is CC(C)Cc1csnn1. The molecular formula is C6H10N2S. The van der Waals surface area contributed by atoms with Gasteiger partial charge < -0.3 is 0 Å². The first-order valence-corrected chi connectivity index (χ1v) is 3.88. The highest BCUT2D eigenvalue weighted by molar-refractivity contribution is 7.03. The Morgan fingerprint density at radius 1 is 1.67 bits per heavy atom. The Kier molecular flexibility index (Phi) is 2.16. The average molecular weight is 142 g/mol. The second-order valence-electron chi connectivity index (χ2n) is 2.49. The van der Waals surface area contributed by atoms with Gasteiger partial charge in [-0.1, -0.05) is 18.3 Å². The third-order valence-corrected chi connectivity index (χ3v) is 1.58. The Bertz CT molecular complexity index is 158. The lowest BCUT2D eigenvalue weighted by molar-refractivity contribution is 0.634. The van der Waals surface area contributed by atoms with E-state index in [0.29, 0.717) is 5.92 Å². The van der Waals surface area contributed by atoms with Gasteiger partial charge in [-0.3, -0.25) is 0 Å². The molecule has 0 saturated heterocycles. The summed E-state index contributed by atoms with van der Waals surface area (Å²) in [7, 11) is 0. The van der Waals surface area contributed by atoms with Gasteiger partial charge in [0.25, 0.3) is 0 Å². The van der Waals surface area contributed by atoms with E-state index in [9.17, 15) is 0 Å². The lowest BCUT2D eigenvalue weighted by Crippen LogP contribution is -1.93. The summed E-state index contributed by atoms with van der Waals surface area (Å²) in [5, 5.41) is 5.92. The molecule has 1 heterocycles. The predicted octanol–water partition coefficient (Wildman–Crippen LogP) is 1.74. The van der Waals surface area contributed by atoms with Crippen molar-refractivity contribution in [3.63, 3.8) is 0 Å². The van der Waals surface area contributed by atoms with Gasteiger partial charge in [-0.2, -0.15) is 0 Å². The van der Waals surface area contributed by atoms with Crippen LogP contribution in [0, 0.1) is 5.92 Å². The lowest BCUT2D eigenvalue weighted by Gasteiger charge is -1.96. The molecule has 9 heavy (non-hydrogen) atoms. The first-order valence-electron chi connectivity index (χ1n) is 3.05. The van der Waals surface area contributed by atoms with E-state index in [1.54, 1.807) is 0 Å². The zero-order valence-corrected chi connectivity index (χ0v) is 6.48. The summed E-state index contributed by atoms with van der Waals surface area (Å²) >= 11 is 1.42. The fourth-order valence-corrected chi connectivity index (χ4v) is 1.16. The Morgan fingerprint density at radius 3 is 2.89 bits per heavy atom. The predicted molar refractivity (Wildman–Crippen MR) is 38.5 cm³/mol. The third-order valence-electron chi connectivity index (χ3n) is 1.02. The molecular weight excluding hydrogens is 132 g/mol. The van der Waals surface area contributed by atoms with Crippen LogP contribution in [0.25, 0.3) is 0 Å². The van der Waals surface area contributed by atoms with Crippen LogP contribution in [0.3, 0.4) is 0 Å². The van der Waals surface area contributed by atoms with Crippen molar-refractivity contribution in [3.05, 3.63) is 11.1 Å². The van der Waals surface area contributed by atoms with Crippen LogP contribution >= 0.6 is 11.5 Å². The van der Waals surface area contributed by atoms with E-state index in [1.807, 2.05) is 5.38 Å². The van der Waals surface area contributed by atoms with Crippen molar-refractivity contribution in [2.75, 3.05) is 0 Å². The summed E-state index contributed by atoms with van der Waals surface area (Å²) in [6.07, 6.45) is 1.05. The summed E-state index contributed by atoms with van der Waals surface area (Å²) < 4.78 is 3.77. The molecule has 0 aliphatic rings. The van der Waals surface area contributed by atoms with E-state index >= 15 is 0 Å². The van der Waals surface area contributed by atoms with Crippen molar-refractivity contribution in [2.24, 2.45) is 5.92 Å². The van der Waals surface area contributed by atoms with Gasteiger partial charge in [0.15, 0.2) is 0 Å². The Labute approximate surface area is 59.1 Å². The number of hydrogen-bond donors (Lipinski definition) is 0. The smallest absolute Gasteiger partial charge is 0.0758 e. The van der Waals surface area contributed by atoms with Gasteiger partial charge in [-0.05, 0) is 23.9 Å². The van der Waals surface area contributed by atoms with E-state index < -0.39 is 0 Å². The van der Waals surface area contributed by atoms with Gasteiger partial charge in [0.05, 0.1) is 5.69 Å². The van der Waals surface area contributed by atoms with E-state index in [0.717, 1.165) is 12.1 Å². The molecule has 3 heteroatoms. The Balaban J connectivity index is 2.48.